The predicted molar refractivity (Wildman–Crippen MR) is 27.3 cm³/mol. The maximum absolute atomic E-state index is 5.45. The van der Waals surface area contributed by atoms with Crippen LogP contribution in [0.4, 0.5) is 0 Å². The first-order valence-corrected chi connectivity index (χ1v) is 2.77. The monoisotopic (exact) mass is 98.1 g/mol. The van der Waals surface area contributed by atoms with E-state index in [9.17, 15) is 0 Å². The molecule has 2 rings (SSSR count). The molecule has 2 fully saturated rings. The third-order valence-corrected chi connectivity index (χ3v) is 2.41. The van der Waals surface area contributed by atoms with Crippen LogP contribution in [-0.2, 0) is 0 Å². The smallest absolute Gasteiger partial charge is 0.0581 e. The van der Waals surface area contributed by atoms with E-state index in [1.54, 1.807) is 0 Å². The van der Waals surface area contributed by atoms with Gasteiger partial charge in [-0.1, -0.05) is 0 Å². The Labute approximate surface area is 42.9 Å². The van der Waals surface area contributed by atoms with E-state index in [1.807, 2.05) is 0 Å². The van der Waals surface area contributed by atoms with Gasteiger partial charge in [-0.25, -0.2) is 0 Å². The zero-order valence-corrected chi connectivity index (χ0v) is 4.22. The summed E-state index contributed by atoms with van der Waals surface area (Å²) >= 11 is 0. The Morgan fingerprint density at radius 1 is 1.43 bits per heavy atom. The van der Waals surface area contributed by atoms with Crippen LogP contribution >= 0.6 is 0 Å². The van der Waals surface area contributed by atoms with Gasteiger partial charge in [0.1, 0.15) is 0 Å². The topological polar surface area (TPSA) is 52.0 Å². The highest BCUT2D eigenvalue weighted by atomic mass is 15.0. The van der Waals surface area contributed by atoms with Crippen LogP contribution in [0, 0.1) is 11.3 Å². The van der Waals surface area contributed by atoms with Crippen molar-refractivity contribution in [3.8, 4) is 0 Å². The van der Waals surface area contributed by atoms with Gasteiger partial charge in [0.05, 0.1) is 6.17 Å². The van der Waals surface area contributed by atoms with Crippen molar-refractivity contribution in [1.29, 1.82) is 0 Å². The molecule has 0 aliphatic heterocycles. The molecule has 0 aromatic rings. The van der Waals surface area contributed by atoms with E-state index in [0.29, 0.717) is 5.41 Å². The van der Waals surface area contributed by atoms with E-state index in [2.05, 4.69) is 0 Å². The van der Waals surface area contributed by atoms with E-state index in [1.165, 1.54) is 12.8 Å². The van der Waals surface area contributed by atoms with Gasteiger partial charge in [-0.3, -0.25) is 0 Å². The molecule has 2 aliphatic rings. The van der Waals surface area contributed by atoms with Gasteiger partial charge in [0, 0.05) is 5.41 Å². The lowest BCUT2D eigenvalue weighted by Crippen LogP contribution is -2.35. The van der Waals surface area contributed by atoms with Crippen LogP contribution in [-0.4, -0.2) is 6.17 Å². The molecule has 40 valence electrons. The summed E-state index contributed by atoms with van der Waals surface area (Å²) in [6.45, 7) is 0. The summed E-state index contributed by atoms with van der Waals surface area (Å²) in [4.78, 5) is 0. The van der Waals surface area contributed by atoms with Crippen LogP contribution in [0.1, 0.15) is 12.8 Å². The lowest BCUT2D eigenvalue weighted by Gasteiger charge is -2.05. The molecular weight excluding hydrogens is 88.1 g/mol. The molecule has 2 saturated carbocycles. The summed E-state index contributed by atoms with van der Waals surface area (Å²) in [5.41, 5.74) is 11.4. The average molecular weight is 98.1 g/mol. The van der Waals surface area contributed by atoms with E-state index in [0.717, 1.165) is 5.92 Å². The molecule has 0 atom stereocenters. The van der Waals surface area contributed by atoms with Gasteiger partial charge in [0.15, 0.2) is 0 Å². The molecule has 0 bridgehead atoms. The fourth-order valence-electron chi connectivity index (χ4n) is 1.28. The largest absolute Gasteiger partial charge is 0.316 e. The van der Waals surface area contributed by atoms with E-state index >= 15 is 0 Å². The molecule has 0 heterocycles. The van der Waals surface area contributed by atoms with Crippen molar-refractivity contribution in [3.05, 3.63) is 0 Å². The molecule has 0 aromatic carbocycles. The second kappa shape index (κ2) is 0.740. The van der Waals surface area contributed by atoms with Gasteiger partial charge in [-0.15, -0.1) is 0 Å². The van der Waals surface area contributed by atoms with Gasteiger partial charge >= 0.3 is 0 Å². The first kappa shape index (κ1) is 3.87. The van der Waals surface area contributed by atoms with Crippen LogP contribution in [0.3, 0.4) is 0 Å². The number of rotatable bonds is 1. The maximum Gasteiger partial charge on any atom is 0.0581 e. The molecule has 0 saturated heterocycles. The van der Waals surface area contributed by atoms with Crippen molar-refractivity contribution in [2.24, 2.45) is 22.8 Å². The van der Waals surface area contributed by atoms with Crippen LogP contribution < -0.4 is 11.5 Å². The molecule has 2 aliphatic carbocycles. The molecule has 4 N–H and O–H groups in total. The Hall–Kier alpha value is -0.0800. The lowest BCUT2D eigenvalue weighted by molar-refractivity contribution is 0.509. The van der Waals surface area contributed by atoms with Crippen molar-refractivity contribution < 1.29 is 0 Å². The molecule has 0 amide bonds. The fourth-order valence-corrected chi connectivity index (χ4v) is 1.28. The number of hydrogen-bond donors (Lipinski definition) is 2. The molecule has 0 spiro atoms. The summed E-state index contributed by atoms with van der Waals surface area (Å²) in [5, 5.41) is 0. The van der Waals surface area contributed by atoms with Crippen LogP contribution in [0.2, 0.25) is 0 Å². The zero-order chi connectivity index (χ0) is 5.07. The molecule has 0 aromatic heterocycles. The third-order valence-electron chi connectivity index (χ3n) is 2.41. The predicted octanol–water partition coefficient (Wildman–Crippen LogP) is -0.360. The highest BCUT2D eigenvalue weighted by molar-refractivity contribution is 5.21. The van der Waals surface area contributed by atoms with Crippen molar-refractivity contribution in [3.63, 3.8) is 0 Å². The Kier molecular flexibility index (Phi) is 0.408. The quantitative estimate of drug-likeness (QED) is 0.440. The summed E-state index contributed by atoms with van der Waals surface area (Å²) in [6.07, 6.45) is 2.60. The van der Waals surface area contributed by atoms with Crippen molar-refractivity contribution in [1.82, 2.24) is 0 Å². The third kappa shape index (κ3) is 0.283. The van der Waals surface area contributed by atoms with E-state index < -0.39 is 0 Å². The SMILES string of the molecule is NC(N)C12CC1C2. The minimum Gasteiger partial charge on any atom is -0.316 e. The van der Waals surface area contributed by atoms with Crippen LogP contribution in [0.25, 0.3) is 0 Å². The van der Waals surface area contributed by atoms with Crippen LogP contribution in [0.15, 0.2) is 0 Å². The second-order valence-electron chi connectivity index (χ2n) is 2.86. The molecule has 7 heavy (non-hydrogen) atoms. The van der Waals surface area contributed by atoms with Crippen molar-refractivity contribution >= 4 is 0 Å². The fraction of sp³-hybridized carbons (Fsp3) is 1.00. The molecular formula is C5H10N2. The van der Waals surface area contributed by atoms with Gasteiger partial charge in [-0.2, -0.15) is 0 Å². The minimum atomic E-state index is -0.0162. The Morgan fingerprint density at radius 2 is 1.86 bits per heavy atom. The van der Waals surface area contributed by atoms with Crippen molar-refractivity contribution in [2.45, 2.75) is 19.0 Å². The summed E-state index contributed by atoms with van der Waals surface area (Å²) < 4.78 is 0. The standard InChI is InChI=1S/C5H10N2/c6-4(7)5-1-3(5)2-5/h3-4H,1-2,6-7H2. The highest BCUT2D eigenvalue weighted by Gasteiger charge is 2.71. The number of nitrogens with two attached hydrogens (primary N) is 2. The lowest BCUT2D eigenvalue weighted by atomic mass is 10.2. The second-order valence-corrected chi connectivity index (χ2v) is 2.86. The number of fused-ring (bicyclic) bond motifs is 1. The van der Waals surface area contributed by atoms with Gasteiger partial charge < -0.3 is 11.5 Å². The first-order chi connectivity index (χ1) is 3.26. The highest BCUT2D eigenvalue weighted by Crippen LogP contribution is 2.75. The van der Waals surface area contributed by atoms with Crippen molar-refractivity contribution in [2.75, 3.05) is 0 Å². The zero-order valence-electron chi connectivity index (χ0n) is 4.22. The number of hydrogen-bond acceptors (Lipinski definition) is 2. The molecule has 2 nitrogen and oxygen atoms in total. The summed E-state index contributed by atoms with van der Waals surface area (Å²) in [7, 11) is 0. The molecule has 0 unspecified atom stereocenters. The Bertz CT molecular complexity index is 103. The summed E-state index contributed by atoms with van der Waals surface area (Å²) in [5.74, 6) is 0.937. The normalized spacial score (nSPS) is 54.4. The maximum atomic E-state index is 5.45. The van der Waals surface area contributed by atoms with Crippen LogP contribution in [0.5, 0.6) is 0 Å². The summed E-state index contributed by atoms with van der Waals surface area (Å²) in [6, 6.07) is 0. The Balaban J connectivity index is 2.08. The van der Waals surface area contributed by atoms with Gasteiger partial charge in [0.2, 0.25) is 0 Å². The molecule has 2 heteroatoms. The minimum absolute atomic E-state index is 0.0162. The van der Waals surface area contributed by atoms with E-state index in [4.69, 9.17) is 11.5 Å². The molecule has 0 radical (unpaired) electrons. The van der Waals surface area contributed by atoms with Gasteiger partial charge in [0.25, 0.3) is 0 Å². The Morgan fingerprint density at radius 3 is 1.86 bits per heavy atom. The average Bonchev–Trinajstić information content (AvgIpc) is 2.04. The first-order valence-electron chi connectivity index (χ1n) is 2.77. The van der Waals surface area contributed by atoms with E-state index in [-0.39, 0.29) is 6.17 Å². The van der Waals surface area contributed by atoms with Gasteiger partial charge in [-0.05, 0) is 18.8 Å².